The monoisotopic (exact) mass is 285 g/mol. The van der Waals surface area contributed by atoms with Gasteiger partial charge in [0.15, 0.2) is 0 Å². The van der Waals surface area contributed by atoms with Crippen molar-refractivity contribution >= 4 is 12.1 Å². The van der Waals surface area contributed by atoms with Gasteiger partial charge in [-0.3, -0.25) is 4.79 Å². The van der Waals surface area contributed by atoms with Gasteiger partial charge in [-0.05, 0) is 18.2 Å². The van der Waals surface area contributed by atoms with Crippen LogP contribution >= 0.6 is 0 Å². The molecule has 1 aromatic carbocycles. The second-order valence-corrected chi connectivity index (χ2v) is 3.85. The highest BCUT2D eigenvalue weighted by atomic mass is 19.1. The quantitative estimate of drug-likeness (QED) is 0.787. The molecule has 0 aliphatic rings. The summed E-state index contributed by atoms with van der Waals surface area (Å²) in [7, 11) is 0. The number of carboxylic acids is 1. The lowest BCUT2D eigenvalue weighted by molar-refractivity contribution is -0.137. The third kappa shape index (κ3) is 4.68. The molecule has 0 aliphatic carbocycles. The maximum atomic E-state index is 13.6. The fourth-order valence-electron chi connectivity index (χ4n) is 1.51. The average Bonchev–Trinajstić information content (AvgIpc) is 2.38. The van der Waals surface area contributed by atoms with E-state index in [1.54, 1.807) is 0 Å². The second kappa shape index (κ2) is 7.22. The Morgan fingerprint density at radius 2 is 2.15 bits per heavy atom. The Bertz CT molecular complexity index is 519. The Morgan fingerprint density at radius 1 is 1.45 bits per heavy atom. The molecule has 0 saturated heterocycles. The number of ether oxygens (including phenoxy) is 1. The molecule has 0 bridgehead atoms. The molecular formula is C13H13F2NO4. The Kier molecular flexibility index (Phi) is 5.64. The van der Waals surface area contributed by atoms with Gasteiger partial charge >= 0.3 is 12.1 Å². The van der Waals surface area contributed by atoms with Gasteiger partial charge in [0.25, 0.3) is 0 Å². The molecule has 108 valence electrons. The minimum Gasteiger partial charge on any atom is -0.481 e. The highest BCUT2D eigenvalue weighted by Crippen LogP contribution is 2.21. The van der Waals surface area contributed by atoms with Crippen LogP contribution in [0.15, 0.2) is 30.9 Å². The van der Waals surface area contributed by atoms with Gasteiger partial charge in [-0.2, -0.15) is 0 Å². The van der Waals surface area contributed by atoms with Gasteiger partial charge in [0, 0.05) is 5.56 Å². The van der Waals surface area contributed by atoms with Crippen LogP contribution in [0.4, 0.5) is 13.6 Å². The van der Waals surface area contributed by atoms with E-state index in [0.29, 0.717) is 0 Å². The summed E-state index contributed by atoms with van der Waals surface area (Å²) < 4.78 is 31.3. The van der Waals surface area contributed by atoms with Crippen molar-refractivity contribution in [3.05, 3.63) is 48.1 Å². The van der Waals surface area contributed by atoms with E-state index >= 15 is 0 Å². The van der Waals surface area contributed by atoms with Crippen LogP contribution in [0.3, 0.4) is 0 Å². The Balaban J connectivity index is 2.93. The maximum absolute atomic E-state index is 13.6. The summed E-state index contributed by atoms with van der Waals surface area (Å²) >= 11 is 0. The summed E-state index contributed by atoms with van der Waals surface area (Å²) in [6, 6.07) is 1.35. The van der Waals surface area contributed by atoms with Crippen LogP contribution in [0.1, 0.15) is 18.0 Å². The zero-order chi connectivity index (χ0) is 15.1. The van der Waals surface area contributed by atoms with E-state index in [1.165, 1.54) is 6.08 Å². The summed E-state index contributed by atoms with van der Waals surface area (Å²) in [6.07, 6.45) is -0.238. The lowest BCUT2D eigenvalue weighted by Gasteiger charge is -2.17. The average molecular weight is 285 g/mol. The largest absolute Gasteiger partial charge is 0.481 e. The van der Waals surface area contributed by atoms with Crippen LogP contribution in [0.25, 0.3) is 0 Å². The molecule has 0 fully saturated rings. The predicted molar refractivity (Wildman–Crippen MR) is 66.0 cm³/mol. The predicted octanol–water partition coefficient (Wildman–Crippen LogP) is 2.39. The van der Waals surface area contributed by atoms with Crippen molar-refractivity contribution in [1.29, 1.82) is 0 Å². The third-order valence-corrected chi connectivity index (χ3v) is 2.34. The molecule has 1 amide bonds. The smallest absolute Gasteiger partial charge is 0.407 e. The first-order chi connectivity index (χ1) is 9.43. The number of hydrogen-bond acceptors (Lipinski definition) is 3. The minimum absolute atomic E-state index is 0.0861. The van der Waals surface area contributed by atoms with Gasteiger partial charge in [-0.15, -0.1) is 0 Å². The van der Waals surface area contributed by atoms with Gasteiger partial charge in [0.1, 0.15) is 18.2 Å². The van der Waals surface area contributed by atoms with Crippen molar-refractivity contribution in [3.63, 3.8) is 0 Å². The number of halogens is 2. The number of amides is 1. The first kappa shape index (κ1) is 15.6. The minimum atomic E-state index is -1.28. The third-order valence-electron chi connectivity index (χ3n) is 2.34. The van der Waals surface area contributed by atoms with Crippen LogP contribution in [-0.4, -0.2) is 23.8 Å². The number of rotatable bonds is 6. The zero-order valence-corrected chi connectivity index (χ0v) is 10.4. The van der Waals surface area contributed by atoms with E-state index < -0.39 is 36.2 Å². The normalized spacial score (nSPS) is 11.5. The number of carbonyl (C=O) groups is 2. The SMILES string of the molecule is C=CCOC(=O)N[C@H](CC(=O)O)c1cc(F)ccc1F. The molecule has 0 aromatic heterocycles. The molecule has 1 atom stereocenters. The van der Waals surface area contributed by atoms with Gasteiger partial charge in [-0.1, -0.05) is 12.7 Å². The van der Waals surface area contributed by atoms with E-state index in [2.05, 4.69) is 16.6 Å². The lowest BCUT2D eigenvalue weighted by atomic mass is 10.0. The first-order valence-corrected chi connectivity index (χ1v) is 5.65. The molecule has 0 aliphatic heterocycles. The summed E-state index contributed by atoms with van der Waals surface area (Å²) in [6.45, 7) is 3.25. The highest BCUT2D eigenvalue weighted by molar-refractivity contribution is 5.72. The van der Waals surface area contributed by atoms with Crippen LogP contribution in [0.5, 0.6) is 0 Å². The van der Waals surface area contributed by atoms with Gasteiger partial charge < -0.3 is 15.2 Å². The van der Waals surface area contributed by atoms with E-state index in [-0.39, 0.29) is 12.2 Å². The van der Waals surface area contributed by atoms with Crippen molar-refractivity contribution in [3.8, 4) is 0 Å². The maximum Gasteiger partial charge on any atom is 0.407 e. The molecule has 0 unspecified atom stereocenters. The van der Waals surface area contributed by atoms with Crippen LogP contribution in [0.2, 0.25) is 0 Å². The van der Waals surface area contributed by atoms with Crippen molar-refractivity contribution in [2.75, 3.05) is 6.61 Å². The summed E-state index contributed by atoms with van der Waals surface area (Å²) in [5.74, 6) is -2.83. The molecular weight excluding hydrogens is 272 g/mol. The van der Waals surface area contributed by atoms with Crippen LogP contribution < -0.4 is 5.32 Å². The molecule has 1 aromatic rings. The fourth-order valence-corrected chi connectivity index (χ4v) is 1.51. The summed E-state index contributed by atoms with van der Waals surface area (Å²) in [4.78, 5) is 22.1. The molecule has 0 spiro atoms. The number of benzene rings is 1. The Labute approximate surface area is 113 Å². The van der Waals surface area contributed by atoms with E-state index in [9.17, 15) is 18.4 Å². The van der Waals surface area contributed by atoms with E-state index in [0.717, 1.165) is 18.2 Å². The number of alkyl carbamates (subject to hydrolysis) is 1. The van der Waals surface area contributed by atoms with Crippen molar-refractivity contribution in [2.45, 2.75) is 12.5 Å². The molecule has 5 nitrogen and oxygen atoms in total. The van der Waals surface area contributed by atoms with Crippen molar-refractivity contribution in [1.82, 2.24) is 5.32 Å². The van der Waals surface area contributed by atoms with Crippen molar-refractivity contribution in [2.24, 2.45) is 0 Å². The molecule has 0 heterocycles. The number of nitrogens with one attached hydrogen (secondary N) is 1. The molecule has 1 rings (SSSR count). The molecule has 0 saturated carbocycles. The molecule has 7 heteroatoms. The lowest BCUT2D eigenvalue weighted by Crippen LogP contribution is -2.31. The molecule has 2 N–H and O–H groups in total. The topological polar surface area (TPSA) is 75.6 Å². The fraction of sp³-hybridized carbons (Fsp3) is 0.231. The number of carbonyl (C=O) groups excluding carboxylic acids is 1. The van der Waals surface area contributed by atoms with Crippen LogP contribution in [-0.2, 0) is 9.53 Å². The second-order valence-electron chi connectivity index (χ2n) is 3.85. The highest BCUT2D eigenvalue weighted by Gasteiger charge is 2.22. The standard InChI is InChI=1S/C13H13F2NO4/c1-2-5-20-13(19)16-11(7-12(17)18)9-6-8(14)3-4-10(9)15/h2-4,6,11H,1,5,7H2,(H,16,19)(H,17,18)/t11-/m1/s1. The van der Waals surface area contributed by atoms with E-state index in [1.807, 2.05) is 0 Å². The van der Waals surface area contributed by atoms with Crippen molar-refractivity contribution < 1.29 is 28.2 Å². The Hall–Kier alpha value is -2.44. The van der Waals surface area contributed by atoms with Gasteiger partial charge in [-0.25, -0.2) is 13.6 Å². The summed E-state index contributed by atoms with van der Waals surface area (Å²) in [5.41, 5.74) is -0.261. The number of aliphatic carboxylic acids is 1. The van der Waals surface area contributed by atoms with Gasteiger partial charge in [0.05, 0.1) is 12.5 Å². The van der Waals surface area contributed by atoms with Gasteiger partial charge in [0.2, 0.25) is 0 Å². The number of hydrogen-bond donors (Lipinski definition) is 2. The number of carboxylic acid groups (broad SMARTS) is 1. The molecule has 20 heavy (non-hydrogen) atoms. The zero-order valence-electron chi connectivity index (χ0n) is 10.4. The Morgan fingerprint density at radius 3 is 2.75 bits per heavy atom. The first-order valence-electron chi connectivity index (χ1n) is 5.65. The molecule has 0 radical (unpaired) electrons. The summed E-state index contributed by atoms with van der Waals surface area (Å²) in [5, 5.41) is 10.9. The van der Waals surface area contributed by atoms with E-state index in [4.69, 9.17) is 5.11 Å². The van der Waals surface area contributed by atoms with Crippen LogP contribution in [0, 0.1) is 11.6 Å².